The van der Waals surface area contributed by atoms with Crippen LogP contribution in [0.25, 0.3) is 11.3 Å². The van der Waals surface area contributed by atoms with Crippen LogP contribution in [0.15, 0.2) is 66.7 Å². The zero-order valence-corrected chi connectivity index (χ0v) is 15.5. The van der Waals surface area contributed by atoms with Crippen molar-refractivity contribution in [3.63, 3.8) is 0 Å². The van der Waals surface area contributed by atoms with Gasteiger partial charge in [0.25, 0.3) is 0 Å². The first-order valence-corrected chi connectivity index (χ1v) is 9.37. The molecule has 2 heterocycles. The second kappa shape index (κ2) is 8.23. The summed E-state index contributed by atoms with van der Waals surface area (Å²) in [6, 6.07) is 22.2. The second-order valence-electron chi connectivity index (χ2n) is 6.96. The molecule has 142 valence electrons. The molecule has 1 N–H and O–H groups in total. The van der Waals surface area contributed by atoms with Gasteiger partial charge in [-0.1, -0.05) is 48.5 Å². The van der Waals surface area contributed by atoms with Crippen LogP contribution in [-0.2, 0) is 24.5 Å². The van der Waals surface area contributed by atoms with Gasteiger partial charge in [0, 0.05) is 25.2 Å². The standard InChI is InChI=1S/C23H22N2O3/c26-23(27)11-12-25-14-19-9-10-21(24-22(19)15-25)18-7-4-8-20(13-18)28-16-17-5-2-1-3-6-17/h1-10,13H,11-12,14-16H2,(H,26,27). The smallest absolute Gasteiger partial charge is 0.304 e. The number of rotatable bonds is 7. The molecule has 0 saturated carbocycles. The second-order valence-corrected chi connectivity index (χ2v) is 6.96. The Bertz CT molecular complexity index is 973. The van der Waals surface area contributed by atoms with E-state index in [1.165, 1.54) is 5.56 Å². The molecule has 0 saturated heterocycles. The number of fused-ring (bicyclic) bond motifs is 1. The normalized spacial score (nSPS) is 13.3. The lowest BCUT2D eigenvalue weighted by molar-refractivity contribution is -0.137. The average molecular weight is 374 g/mol. The quantitative estimate of drug-likeness (QED) is 0.674. The molecule has 1 aromatic heterocycles. The minimum Gasteiger partial charge on any atom is -0.489 e. The highest BCUT2D eigenvalue weighted by molar-refractivity contribution is 5.67. The fourth-order valence-corrected chi connectivity index (χ4v) is 3.38. The van der Waals surface area contributed by atoms with E-state index in [1.54, 1.807) is 0 Å². The van der Waals surface area contributed by atoms with E-state index in [9.17, 15) is 4.79 Å². The summed E-state index contributed by atoms with van der Waals surface area (Å²) in [7, 11) is 0. The van der Waals surface area contributed by atoms with Crippen LogP contribution in [0, 0.1) is 0 Å². The highest BCUT2D eigenvalue weighted by Gasteiger charge is 2.21. The molecule has 0 atom stereocenters. The van der Waals surface area contributed by atoms with Gasteiger partial charge in [-0.05, 0) is 29.3 Å². The third-order valence-electron chi connectivity index (χ3n) is 4.86. The molecule has 0 spiro atoms. The van der Waals surface area contributed by atoms with Gasteiger partial charge >= 0.3 is 5.97 Å². The number of hydrogen-bond acceptors (Lipinski definition) is 4. The van der Waals surface area contributed by atoms with Gasteiger partial charge in [-0.15, -0.1) is 0 Å². The summed E-state index contributed by atoms with van der Waals surface area (Å²) in [5.41, 5.74) is 5.25. The highest BCUT2D eigenvalue weighted by atomic mass is 16.5. The van der Waals surface area contributed by atoms with Crippen LogP contribution in [0.1, 0.15) is 23.2 Å². The van der Waals surface area contributed by atoms with Crippen LogP contribution in [0.5, 0.6) is 5.75 Å². The number of carboxylic acids is 1. The highest BCUT2D eigenvalue weighted by Crippen LogP contribution is 2.27. The van der Waals surface area contributed by atoms with Gasteiger partial charge in [-0.25, -0.2) is 0 Å². The molecule has 5 nitrogen and oxygen atoms in total. The molecule has 0 radical (unpaired) electrons. The van der Waals surface area contributed by atoms with Gasteiger partial charge in [0.2, 0.25) is 0 Å². The predicted octanol–water partition coefficient (Wildman–Crippen LogP) is 4.12. The van der Waals surface area contributed by atoms with Gasteiger partial charge in [0.15, 0.2) is 0 Å². The summed E-state index contributed by atoms with van der Waals surface area (Å²) in [6.45, 7) is 2.53. The summed E-state index contributed by atoms with van der Waals surface area (Å²) < 4.78 is 5.93. The maximum Gasteiger partial charge on any atom is 0.304 e. The van der Waals surface area contributed by atoms with Crippen molar-refractivity contribution in [2.45, 2.75) is 26.1 Å². The minimum absolute atomic E-state index is 0.154. The molecule has 1 aliphatic rings. The minimum atomic E-state index is -0.767. The zero-order valence-electron chi connectivity index (χ0n) is 15.5. The summed E-state index contributed by atoms with van der Waals surface area (Å²) in [5.74, 6) is 0.0451. The van der Waals surface area contributed by atoms with E-state index < -0.39 is 5.97 Å². The lowest BCUT2D eigenvalue weighted by atomic mass is 10.1. The van der Waals surface area contributed by atoms with Crippen molar-refractivity contribution >= 4 is 5.97 Å². The van der Waals surface area contributed by atoms with Gasteiger partial charge < -0.3 is 9.84 Å². The van der Waals surface area contributed by atoms with Crippen LogP contribution in [0.3, 0.4) is 0 Å². The third-order valence-corrected chi connectivity index (χ3v) is 4.86. The SMILES string of the molecule is O=C(O)CCN1Cc2ccc(-c3cccc(OCc4ccccc4)c3)nc2C1. The van der Waals surface area contributed by atoms with Crippen molar-refractivity contribution in [1.29, 1.82) is 0 Å². The Kier molecular flexibility index (Phi) is 5.35. The Morgan fingerprint density at radius 3 is 2.71 bits per heavy atom. The predicted molar refractivity (Wildman–Crippen MR) is 107 cm³/mol. The molecule has 0 aliphatic carbocycles. The van der Waals surface area contributed by atoms with E-state index >= 15 is 0 Å². The number of benzene rings is 2. The topological polar surface area (TPSA) is 62.7 Å². The van der Waals surface area contributed by atoms with E-state index in [4.69, 9.17) is 14.8 Å². The molecule has 3 aromatic rings. The van der Waals surface area contributed by atoms with Crippen LogP contribution in [0.2, 0.25) is 0 Å². The summed E-state index contributed by atoms with van der Waals surface area (Å²) in [5, 5.41) is 8.87. The fraction of sp³-hybridized carbons (Fsp3) is 0.217. The molecule has 0 amide bonds. The molecule has 0 bridgehead atoms. The molecule has 4 rings (SSSR count). The molecular formula is C23H22N2O3. The van der Waals surface area contributed by atoms with Crippen LogP contribution in [-0.4, -0.2) is 27.5 Å². The Labute approximate surface area is 164 Å². The van der Waals surface area contributed by atoms with Crippen LogP contribution < -0.4 is 4.74 Å². The van der Waals surface area contributed by atoms with E-state index in [0.717, 1.165) is 34.8 Å². The molecule has 0 fully saturated rings. The molecule has 0 unspecified atom stereocenters. The zero-order chi connectivity index (χ0) is 19.3. The number of carbonyl (C=O) groups is 1. The summed E-state index contributed by atoms with van der Waals surface area (Å²) in [4.78, 5) is 17.7. The third kappa shape index (κ3) is 4.38. The van der Waals surface area contributed by atoms with E-state index in [1.807, 2.05) is 60.7 Å². The molecule has 2 aromatic carbocycles. The first-order valence-electron chi connectivity index (χ1n) is 9.37. The number of ether oxygens (including phenoxy) is 1. The number of aromatic nitrogens is 1. The van der Waals surface area contributed by atoms with Crippen molar-refractivity contribution < 1.29 is 14.6 Å². The lowest BCUT2D eigenvalue weighted by Gasteiger charge is -2.11. The van der Waals surface area contributed by atoms with Crippen molar-refractivity contribution in [2.75, 3.05) is 6.54 Å². The summed E-state index contributed by atoms with van der Waals surface area (Å²) >= 11 is 0. The Hall–Kier alpha value is -3.18. The van der Waals surface area contributed by atoms with Gasteiger partial charge in [-0.2, -0.15) is 0 Å². The largest absolute Gasteiger partial charge is 0.489 e. The van der Waals surface area contributed by atoms with Crippen molar-refractivity contribution in [3.05, 3.63) is 83.6 Å². The van der Waals surface area contributed by atoms with Gasteiger partial charge in [0.05, 0.1) is 17.8 Å². The summed E-state index contributed by atoms with van der Waals surface area (Å²) in [6.07, 6.45) is 0.154. The Balaban J connectivity index is 1.45. The van der Waals surface area contributed by atoms with Crippen molar-refractivity contribution in [3.8, 4) is 17.0 Å². The first-order chi connectivity index (χ1) is 13.7. The molecule has 5 heteroatoms. The first kappa shape index (κ1) is 18.2. The van der Waals surface area contributed by atoms with E-state index in [2.05, 4.69) is 11.0 Å². The molecular weight excluding hydrogens is 352 g/mol. The fourth-order valence-electron chi connectivity index (χ4n) is 3.38. The Morgan fingerprint density at radius 1 is 1.04 bits per heavy atom. The average Bonchev–Trinajstić information content (AvgIpc) is 3.14. The van der Waals surface area contributed by atoms with Crippen molar-refractivity contribution in [2.24, 2.45) is 0 Å². The number of pyridine rings is 1. The van der Waals surface area contributed by atoms with E-state index in [-0.39, 0.29) is 6.42 Å². The number of aliphatic carboxylic acids is 1. The number of nitrogens with zero attached hydrogens (tertiary/aromatic N) is 2. The van der Waals surface area contributed by atoms with Gasteiger partial charge in [-0.3, -0.25) is 14.7 Å². The maximum atomic E-state index is 10.8. The maximum absolute atomic E-state index is 10.8. The van der Waals surface area contributed by atoms with Crippen LogP contribution in [0.4, 0.5) is 0 Å². The number of carboxylic acid groups (broad SMARTS) is 1. The number of hydrogen-bond donors (Lipinski definition) is 1. The Morgan fingerprint density at radius 2 is 1.89 bits per heavy atom. The lowest BCUT2D eigenvalue weighted by Crippen LogP contribution is -2.20. The van der Waals surface area contributed by atoms with Crippen LogP contribution >= 0.6 is 0 Å². The van der Waals surface area contributed by atoms with Gasteiger partial charge in [0.1, 0.15) is 12.4 Å². The van der Waals surface area contributed by atoms with E-state index in [0.29, 0.717) is 19.7 Å². The van der Waals surface area contributed by atoms with Crippen molar-refractivity contribution in [1.82, 2.24) is 9.88 Å². The molecule has 1 aliphatic heterocycles. The molecule has 28 heavy (non-hydrogen) atoms. The monoisotopic (exact) mass is 374 g/mol.